The Hall–Kier alpha value is -1.25. The Kier molecular flexibility index (Phi) is 89.2. The maximum absolute atomic E-state index is 9.92. The van der Waals surface area contributed by atoms with Crippen LogP contribution >= 0.6 is 0 Å². The number of likely N-dealkylation sites (tertiary alicyclic amines) is 1. The van der Waals surface area contributed by atoms with Gasteiger partial charge in [-0.1, -0.05) is 171 Å². The van der Waals surface area contributed by atoms with Crippen LogP contribution < -0.4 is 0 Å². The fraction of sp³-hybridized carbons (Fsp3) is 0.886. The van der Waals surface area contributed by atoms with Crippen molar-refractivity contribution in [3.8, 4) is 0 Å². The van der Waals surface area contributed by atoms with E-state index in [1.807, 2.05) is 12.2 Å². The lowest BCUT2D eigenvalue weighted by Gasteiger charge is -2.10. The van der Waals surface area contributed by atoms with Crippen LogP contribution in [-0.4, -0.2) is 73.2 Å². The number of ether oxygens (including phenoxy) is 1. The Bertz CT molecular complexity index is 562. The van der Waals surface area contributed by atoms with Crippen molar-refractivity contribution >= 4 is 6.29 Å². The topological polar surface area (TPSA) is 99.5 Å². The fourth-order valence-corrected chi connectivity index (χ4v) is 4.86. The van der Waals surface area contributed by atoms with E-state index in [1.165, 1.54) is 142 Å². The first kappa shape index (κ1) is 64.7. The minimum atomic E-state index is 0. The average Bonchev–Trinajstić information content (AvgIpc) is 3.62. The lowest BCUT2D eigenvalue weighted by Crippen LogP contribution is -2.22. The largest absolute Gasteiger partial charge is 0.516 e. The third-order valence-corrected chi connectivity index (χ3v) is 7.88. The first-order chi connectivity index (χ1) is 23.6. The number of rotatable bonds is 28. The molecule has 0 aromatic heterocycles. The van der Waals surface area contributed by atoms with E-state index in [4.69, 9.17) is 20.2 Å². The van der Waals surface area contributed by atoms with Crippen LogP contribution in [0.25, 0.3) is 0 Å². The van der Waals surface area contributed by atoms with Crippen LogP contribution in [0.3, 0.4) is 0 Å². The molecule has 0 spiro atoms. The molecule has 1 saturated heterocycles. The molecule has 0 aliphatic carbocycles. The van der Waals surface area contributed by atoms with Crippen LogP contribution in [-0.2, 0) is 14.4 Å². The van der Waals surface area contributed by atoms with Gasteiger partial charge in [0.05, 0.1) is 12.9 Å². The van der Waals surface area contributed by atoms with Crippen LogP contribution in [0.15, 0.2) is 24.5 Å². The quantitative estimate of drug-likeness (QED) is 0.0184. The number of unbranched alkanes of at least 4 members (excludes halogenated alkanes) is 19. The molecule has 1 heterocycles. The molecule has 1 aliphatic rings. The second kappa shape index (κ2) is 70.3. The van der Waals surface area contributed by atoms with Crippen molar-refractivity contribution in [3.05, 3.63) is 24.5 Å². The average molecular weight is 736 g/mol. The van der Waals surface area contributed by atoms with E-state index >= 15 is 0 Å². The number of carbonyl (C=O) groups excluding carboxylic acids is 1. The summed E-state index contributed by atoms with van der Waals surface area (Å²) in [5.74, 6) is 0. The highest BCUT2D eigenvalue weighted by Crippen LogP contribution is 2.07. The van der Waals surface area contributed by atoms with Crippen molar-refractivity contribution in [1.29, 1.82) is 0 Å². The number of nitrogens with zero attached hydrogens (tertiary/aromatic N) is 1. The molecule has 0 bridgehead atoms. The highest BCUT2D eigenvalue weighted by molar-refractivity contribution is 5.48. The van der Waals surface area contributed by atoms with Gasteiger partial charge >= 0.3 is 0 Å². The van der Waals surface area contributed by atoms with Crippen LogP contribution in [0.2, 0.25) is 0 Å². The van der Waals surface area contributed by atoms with Gasteiger partial charge in [-0.15, -0.1) is 0 Å². The lowest BCUT2D eigenvalue weighted by molar-refractivity contribution is -0.231. The van der Waals surface area contributed by atoms with Gasteiger partial charge in [0.25, 0.3) is 0 Å². The molecule has 1 rings (SSSR count). The first-order valence-corrected chi connectivity index (χ1v) is 20.1. The number of aldehydes is 1. The molecule has 314 valence electrons. The van der Waals surface area contributed by atoms with Crippen LogP contribution in [0.5, 0.6) is 0 Å². The number of β-amino-alcohol motifs (C(OH)–C–C–N with tert-alkyl or cyclic N) is 1. The molecule has 7 nitrogen and oxygen atoms in total. The summed E-state index contributed by atoms with van der Waals surface area (Å²) in [4.78, 5) is 16.1. The minimum absolute atomic E-state index is 0. The Morgan fingerprint density at radius 3 is 1.41 bits per heavy atom. The molecule has 0 aromatic carbocycles. The zero-order chi connectivity index (χ0) is 36.4. The van der Waals surface area contributed by atoms with Gasteiger partial charge in [0.1, 0.15) is 12.9 Å². The van der Waals surface area contributed by atoms with Gasteiger partial charge in [0.15, 0.2) is 0 Å². The van der Waals surface area contributed by atoms with Gasteiger partial charge in [-0.05, 0) is 64.5 Å². The molecular weight excluding hydrogens is 638 g/mol. The number of aliphatic hydroxyl groups excluding tert-OH is 2. The van der Waals surface area contributed by atoms with E-state index in [0.717, 1.165) is 57.8 Å². The van der Waals surface area contributed by atoms with Crippen molar-refractivity contribution in [3.63, 3.8) is 0 Å². The molecule has 0 radical (unpaired) electrons. The number of hydrogen-bond donors (Lipinski definition) is 3. The molecule has 7 heteroatoms. The number of allylic oxidation sites excluding steroid dienone is 2. The Labute approximate surface area is 322 Å². The third-order valence-electron chi connectivity index (χ3n) is 7.88. The third kappa shape index (κ3) is 78.9. The summed E-state index contributed by atoms with van der Waals surface area (Å²) in [6.45, 7) is 13.7. The molecular formula is C44H97NO6. The van der Waals surface area contributed by atoms with Crippen molar-refractivity contribution in [2.45, 2.75) is 210 Å². The molecule has 3 N–H and O–H groups in total. The predicted octanol–water partition coefficient (Wildman–Crippen LogP) is 13.9. The zero-order valence-corrected chi connectivity index (χ0v) is 32.8. The Balaban J connectivity index is -0.0000000939. The summed E-state index contributed by atoms with van der Waals surface area (Å²) >= 11 is 0. The van der Waals surface area contributed by atoms with E-state index in [2.05, 4.69) is 37.5 Å². The molecule has 1 aliphatic heterocycles. The van der Waals surface area contributed by atoms with E-state index in [9.17, 15) is 4.79 Å². The second-order valence-corrected chi connectivity index (χ2v) is 12.6. The van der Waals surface area contributed by atoms with E-state index in [1.54, 1.807) is 13.2 Å². The van der Waals surface area contributed by atoms with Gasteiger partial charge < -0.3 is 24.6 Å². The number of carbonyl (C=O) groups is 1. The highest BCUT2D eigenvalue weighted by atomic mass is 17.1. The smallest absolute Gasteiger partial charge is 0.119 e. The summed E-state index contributed by atoms with van der Waals surface area (Å²) in [7, 11) is 1.73. The number of hydrogen-bond acceptors (Lipinski definition) is 7. The molecule has 0 saturated carbocycles. The van der Waals surface area contributed by atoms with E-state index in [-0.39, 0.29) is 22.3 Å². The van der Waals surface area contributed by atoms with Crippen molar-refractivity contribution in [2.24, 2.45) is 0 Å². The SMILES string of the molecule is C.C.C.CCCCCC/C=C\COO.CCCCCCC=CO.CCCCCCCCC.COCCCCCCCC=O.OCCN1CCCC1. The molecule has 0 amide bonds. The van der Waals surface area contributed by atoms with E-state index in [0.29, 0.717) is 13.2 Å². The summed E-state index contributed by atoms with van der Waals surface area (Å²) in [5, 5.41) is 24.7. The summed E-state index contributed by atoms with van der Waals surface area (Å²) in [5.41, 5.74) is 0. The number of aliphatic hydroxyl groups is 2. The normalized spacial score (nSPS) is 11.7. The summed E-state index contributed by atoms with van der Waals surface area (Å²) in [6.07, 6.45) is 39.4. The van der Waals surface area contributed by atoms with Gasteiger partial charge in [-0.3, -0.25) is 5.26 Å². The fourth-order valence-electron chi connectivity index (χ4n) is 4.86. The molecule has 51 heavy (non-hydrogen) atoms. The maximum atomic E-state index is 9.92. The lowest BCUT2D eigenvalue weighted by atomic mass is 10.1. The maximum Gasteiger partial charge on any atom is 0.119 e. The predicted molar refractivity (Wildman–Crippen MR) is 229 cm³/mol. The van der Waals surface area contributed by atoms with Gasteiger partial charge in [0, 0.05) is 26.7 Å². The van der Waals surface area contributed by atoms with Gasteiger partial charge in [0.2, 0.25) is 0 Å². The summed E-state index contributed by atoms with van der Waals surface area (Å²) < 4.78 is 4.91. The zero-order valence-electron chi connectivity index (χ0n) is 32.8. The standard InChI is InChI=1S/2C9H18O2.C9H20.C8H16O.C6H13NO.3CH4/c1-11-9-7-5-3-2-4-6-8-10;1-2-3-4-5-6-7-8-9-11-10;1-3-5-7-9-8-6-4-2;1-2-3-4-5-6-7-8-9;8-6-5-7-3-1-2-4-7;;;/h8H,2-7,9H2,1H3;7-8,10H,2-6,9H2,1H3;3-9H2,1-2H3;7-9H,2-6H2,1H3;8H,1-6H2;3*1H4/b;8-7-;;;;;;. The molecule has 0 unspecified atom stereocenters. The monoisotopic (exact) mass is 736 g/mol. The van der Waals surface area contributed by atoms with Crippen molar-refractivity contribution < 1.29 is 29.9 Å². The van der Waals surface area contributed by atoms with E-state index < -0.39 is 0 Å². The second-order valence-electron chi connectivity index (χ2n) is 12.6. The highest BCUT2D eigenvalue weighted by Gasteiger charge is 2.08. The molecule has 0 atom stereocenters. The van der Waals surface area contributed by atoms with Gasteiger partial charge in [-0.2, -0.15) is 0 Å². The van der Waals surface area contributed by atoms with Crippen molar-refractivity contribution in [2.75, 3.05) is 46.6 Å². The number of methoxy groups -OCH3 is 1. The minimum Gasteiger partial charge on any atom is -0.516 e. The Morgan fingerprint density at radius 2 is 1.00 bits per heavy atom. The molecule has 0 aromatic rings. The van der Waals surface area contributed by atoms with Crippen LogP contribution in [0, 0.1) is 0 Å². The first-order valence-electron chi connectivity index (χ1n) is 20.1. The van der Waals surface area contributed by atoms with Crippen LogP contribution in [0.4, 0.5) is 0 Å². The van der Waals surface area contributed by atoms with Crippen LogP contribution in [0.1, 0.15) is 210 Å². The summed E-state index contributed by atoms with van der Waals surface area (Å²) in [6, 6.07) is 0. The van der Waals surface area contributed by atoms with Crippen molar-refractivity contribution in [1.82, 2.24) is 4.90 Å². The molecule has 1 fully saturated rings. The Morgan fingerprint density at radius 1 is 0.588 bits per heavy atom. The van der Waals surface area contributed by atoms with Gasteiger partial charge in [-0.25, -0.2) is 4.89 Å².